The van der Waals surface area contributed by atoms with E-state index in [4.69, 9.17) is 9.47 Å². The fraction of sp³-hybridized carbons (Fsp3) is 0.143. The van der Waals surface area contributed by atoms with Gasteiger partial charge in [-0.05, 0) is 59.7 Å². The number of ether oxygens (including phenoxy) is 2. The number of hydrogen-bond donors (Lipinski definition) is 0. The average Bonchev–Trinajstić information content (AvgIpc) is 3.27. The molecule has 1 atom stereocenters. The second-order valence-corrected chi connectivity index (χ2v) is 8.74. The van der Waals surface area contributed by atoms with Crippen LogP contribution in [0.25, 0.3) is 27.8 Å². The van der Waals surface area contributed by atoms with E-state index in [1.54, 1.807) is 26.3 Å². The van der Waals surface area contributed by atoms with Crippen molar-refractivity contribution in [1.82, 2.24) is 13.7 Å². The Kier molecular flexibility index (Phi) is 4.86. The summed E-state index contributed by atoms with van der Waals surface area (Å²) in [5.74, 6) is 0.938. The molecule has 1 unspecified atom stereocenters. The maximum absolute atomic E-state index is 13.9. The fourth-order valence-electron chi connectivity index (χ4n) is 5.00. The van der Waals surface area contributed by atoms with Crippen molar-refractivity contribution in [3.05, 3.63) is 111 Å². The van der Waals surface area contributed by atoms with Crippen LogP contribution >= 0.6 is 0 Å². The van der Waals surface area contributed by atoms with Gasteiger partial charge in [0.1, 0.15) is 17.3 Å². The summed E-state index contributed by atoms with van der Waals surface area (Å²) in [7, 11) is 4.70. The Hall–Kier alpha value is -4.59. The van der Waals surface area contributed by atoms with Crippen LogP contribution in [0.4, 0.5) is 4.39 Å². The van der Waals surface area contributed by atoms with Gasteiger partial charge in [-0.2, -0.15) is 0 Å². The van der Waals surface area contributed by atoms with Crippen LogP contribution in [0.2, 0.25) is 0 Å². The quantitative estimate of drug-likeness (QED) is 0.383. The number of methoxy groups -OCH3 is 1. The van der Waals surface area contributed by atoms with Crippen LogP contribution in [0, 0.1) is 5.82 Å². The third kappa shape index (κ3) is 3.04. The first-order valence-electron chi connectivity index (χ1n) is 11.4. The van der Waals surface area contributed by atoms with Crippen LogP contribution < -0.4 is 20.7 Å². The predicted molar refractivity (Wildman–Crippen MR) is 135 cm³/mol. The minimum absolute atomic E-state index is 0.361. The molecule has 5 aromatic rings. The molecule has 1 aliphatic heterocycles. The molecule has 3 aromatic carbocycles. The summed E-state index contributed by atoms with van der Waals surface area (Å²) in [4.78, 5) is 26.7. The molecule has 36 heavy (non-hydrogen) atoms. The van der Waals surface area contributed by atoms with E-state index in [0.717, 1.165) is 15.8 Å². The van der Waals surface area contributed by atoms with Gasteiger partial charge >= 0.3 is 5.69 Å². The third-order valence-electron chi connectivity index (χ3n) is 6.74. The maximum Gasteiger partial charge on any atom is 0.331 e. The summed E-state index contributed by atoms with van der Waals surface area (Å²) < 4.78 is 30.2. The summed E-state index contributed by atoms with van der Waals surface area (Å²) in [6.45, 7) is 0. The molecule has 7 nitrogen and oxygen atoms in total. The minimum Gasteiger partial charge on any atom is -0.497 e. The molecule has 180 valence electrons. The number of aryl methyl sites for hydroxylation is 1. The Morgan fingerprint density at radius 2 is 1.58 bits per heavy atom. The van der Waals surface area contributed by atoms with E-state index in [0.29, 0.717) is 39.4 Å². The highest BCUT2D eigenvalue weighted by Crippen LogP contribution is 2.46. The lowest BCUT2D eigenvalue weighted by atomic mass is 10.0. The van der Waals surface area contributed by atoms with Gasteiger partial charge in [0.05, 0.1) is 35.1 Å². The number of nitrogens with zero attached hydrogens (tertiary/aromatic N) is 3. The normalized spacial score (nSPS) is 14.3. The van der Waals surface area contributed by atoms with Gasteiger partial charge in [-0.1, -0.05) is 24.3 Å². The van der Waals surface area contributed by atoms with Crippen molar-refractivity contribution >= 4 is 10.9 Å². The van der Waals surface area contributed by atoms with Crippen molar-refractivity contribution in [2.75, 3.05) is 7.11 Å². The molecule has 1 aliphatic rings. The first-order valence-corrected chi connectivity index (χ1v) is 11.4. The van der Waals surface area contributed by atoms with Gasteiger partial charge < -0.3 is 14.0 Å². The van der Waals surface area contributed by atoms with Crippen molar-refractivity contribution in [1.29, 1.82) is 0 Å². The Bertz CT molecular complexity index is 1760. The van der Waals surface area contributed by atoms with Gasteiger partial charge in [0.15, 0.2) is 6.10 Å². The molecule has 0 aliphatic carbocycles. The minimum atomic E-state index is -0.625. The van der Waals surface area contributed by atoms with Gasteiger partial charge in [0.2, 0.25) is 0 Å². The summed E-state index contributed by atoms with van der Waals surface area (Å²) in [5.41, 5.74) is 3.01. The summed E-state index contributed by atoms with van der Waals surface area (Å²) in [5, 5.41) is 0.361. The first-order chi connectivity index (χ1) is 17.4. The molecule has 3 heterocycles. The SMILES string of the molecule is COc1ccc(C2Oc3ccccc3-n3c(-c4ccc(F)cc4)c4c(=O)n(C)c(=O)n(C)c4c32)cc1. The van der Waals surface area contributed by atoms with Gasteiger partial charge in [0, 0.05) is 14.1 Å². The topological polar surface area (TPSA) is 67.4 Å². The van der Waals surface area contributed by atoms with Crippen molar-refractivity contribution in [3.63, 3.8) is 0 Å². The van der Waals surface area contributed by atoms with Crippen LogP contribution in [0.15, 0.2) is 82.4 Å². The zero-order chi connectivity index (χ0) is 25.1. The molecule has 0 spiro atoms. The van der Waals surface area contributed by atoms with E-state index in [1.165, 1.54) is 23.7 Å². The lowest BCUT2D eigenvalue weighted by molar-refractivity contribution is 0.229. The monoisotopic (exact) mass is 483 g/mol. The molecule has 6 rings (SSSR count). The summed E-state index contributed by atoms with van der Waals surface area (Å²) in [6, 6.07) is 21.0. The van der Waals surface area contributed by atoms with E-state index in [2.05, 4.69) is 0 Å². The number of halogens is 1. The standard InChI is InChI=1S/C28H22FN3O4/c1-30-24-22(27(33)31(2)28(30)34)23(16-8-12-18(29)13-9-16)32-20-6-4-5-7-21(20)36-26(25(24)32)17-10-14-19(35-3)15-11-17/h4-15,26H,1-3H3. The van der Waals surface area contributed by atoms with Gasteiger partial charge in [-0.25, -0.2) is 9.18 Å². The second kappa shape index (κ2) is 7.98. The van der Waals surface area contributed by atoms with Crippen LogP contribution in [0.1, 0.15) is 17.4 Å². The Morgan fingerprint density at radius 1 is 0.889 bits per heavy atom. The van der Waals surface area contributed by atoms with Gasteiger partial charge in [-0.3, -0.25) is 13.9 Å². The van der Waals surface area contributed by atoms with Crippen molar-refractivity contribution in [2.45, 2.75) is 6.10 Å². The highest BCUT2D eigenvalue weighted by molar-refractivity contribution is 5.98. The molecular formula is C28H22FN3O4. The highest BCUT2D eigenvalue weighted by atomic mass is 19.1. The Morgan fingerprint density at radius 3 is 2.28 bits per heavy atom. The first kappa shape index (κ1) is 21.9. The number of fused-ring (bicyclic) bond motifs is 5. The predicted octanol–water partition coefficient (Wildman–Crippen LogP) is 4.32. The lowest BCUT2D eigenvalue weighted by Gasteiger charge is -2.30. The van der Waals surface area contributed by atoms with Crippen LogP contribution in [-0.4, -0.2) is 20.8 Å². The van der Waals surface area contributed by atoms with E-state index in [1.807, 2.05) is 53.1 Å². The third-order valence-corrected chi connectivity index (χ3v) is 6.74. The summed E-state index contributed by atoms with van der Waals surface area (Å²) >= 11 is 0. The van der Waals surface area contributed by atoms with Gasteiger partial charge in [-0.15, -0.1) is 0 Å². The average molecular weight is 483 g/mol. The van der Waals surface area contributed by atoms with E-state index >= 15 is 0 Å². The number of aromatic nitrogens is 3. The molecule has 0 radical (unpaired) electrons. The maximum atomic E-state index is 13.9. The molecule has 0 fully saturated rings. The zero-order valence-corrected chi connectivity index (χ0v) is 19.9. The van der Waals surface area contributed by atoms with Gasteiger partial charge in [0.25, 0.3) is 5.56 Å². The molecular weight excluding hydrogens is 461 g/mol. The fourth-order valence-corrected chi connectivity index (χ4v) is 5.00. The number of benzene rings is 3. The zero-order valence-electron chi connectivity index (χ0n) is 19.9. The lowest BCUT2D eigenvalue weighted by Crippen LogP contribution is -2.37. The Balaban J connectivity index is 1.82. The summed E-state index contributed by atoms with van der Waals surface area (Å²) in [6.07, 6.45) is -0.625. The molecule has 0 saturated heterocycles. The second-order valence-electron chi connectivity index (χ2n) is 8.74. The molecule has 0 saturated carbocycles. The van der Waals surface area contributed by atoms with E-state index in [9.17, 15) is 14.0 Å². The number of para-hydroxylation sites is 2. The van der Waals surface area contributed by atoms with Crippen molar-refractivity contribution in [3.8, 4) is 28.4 Å². The molecule has 0 amide bonds. The molecule has 2 aromatic heterocycles. The highest BCUT2D eigenvalue weighted by Gasteiger charge is 2.36. The largest absolute Gasteiger partial charge is 0.497 e. The molecule has 8 heteroatoms. The molecule has 0 bridgehead atoms. The van der Waals surface area contributed by atoms with Crippen LogP contribution in [0.5, 0.6) is 11.5 Å². The van der Waals surface area contributed by atoms with Crippen LogP contribution in [-0.2, 0) is 14.1 Å². The van der Waals surface area contributed by atoms with E-state index in [-0.39, 0.29) is 5.82 Å². The van der Waals surface area contributed by atoms with Crippen LogP contribution in [0.3, 0.4) is 0 Å². The van der Waals surface area contributed by atoms with Crippen molar-refractivity contribution < 1.29 is 13.9 Å². The van der Waals surface area contributed by atoms with E-state index < -0.39 is 17.4 Å². The Labute approximate surface area is 205 Å². The number of hydrogen-bond acceptors (Lipinski definition) is 4. The van der Waals surface area contributed by atoms with Crippen molar-refractivity contribution in [2.24, 2.45) is 14.1 Å². The smallest absolute Gasteiger partial charge is 0.331 e. The number of rotatable bonds is 3. The molecule has 0 N–H and O–H groups in total.